The summed E-state index contributed by atoms with van der Waals surface area (Å²) >= 11 is 0. The Morgan fingerprint density at radius 2 is 2.11 bits per heavy atom. The number of amides is 1. The summed E-state index contributed by atoms with van der Waals surface area (Å²) < 4.78 is 10.3. The Morgan fingerprint density at radius 1 is 1.36 bits per heavy atom. The monoisotopic (exact) mass is 392 g/mol. The van der Waals surface area contributed by atoms with Crippen molar-refractivity contribution >= 4 is 12.1 Å². The predicted octanol–water partition coefficient (Wildman–Crippen LogP) is 1.90. The molecule has 1 aliphatic rings. The van der Waals surface area contributed by atoms with Gasteiger partial charge in [0.2, 0.25) is 0 Å². The molecule has 1 unspecified atom stereocenters. The number of benzene rings is 1. The molecule has 1 aliphatic heterocycles. The molecule has 1 amide bonds. The first-order valence-corrected chi connectivity index (χ1v) is 9.85. The molecule has 1 aromatic rings. The van der Waals surface area contributed by atoms with Crippen LogP contribution < -0.4 is 15.4 Å². The average molecular weight is 393 g/mol. The third-order valence-electron chi connectivity index (χ3n) is 4.61. The van der Waals surface area contributed by atoms with Crippen LogP contribution in [0, 0.1) is 0 Å². The van der Waals surface area contributed by atoms with E-state index in [-0.39, 0.29) is 18.7 Å². The van der Waals surface area contributed by atoms with E-state index in [9.17, 15) is 9.90 Å². The largest absolute Gasteiger partial charge is 0.497 e. The Hall–Kier alpha value is -2.48. The van der Waals surface area contributed by atoms with Crippen LogP contribution in [0.5, 0.6) is 5.75 Å². The Morgan fingerprint density at radius 3 is 2.75 bits per heavy atom. The fourth-order valence-corrected chi connectivity index (χ4v) is 3.07. The number of piperidine rings is 1. The lowest BCUT2D eigenvalue weighted by Gasteiger charge is -2.32. The average Bonchev–Trinajstić information content (AvgIpc) is 2.72. The Labute approximate surface area is 166 Å². The number of aliphatic hydroxyl groups excluding tert-OH is 1. The molecule has 0 spiro atoms. The molecule has 3 N–H and O–H groups in total. The van der Waals surface area contributed by atoms with Gasteiger partial charge in [-0.15, -0.1) is 0 Å². The number of carbonyl (C=O) groups excluding carboxylic acids is 1. The van der Waals surface area contributed by atoms with E-state index in [1.165, 1.54) is 0 Å². The Balaban J connectivity index is 1.89. The van der Waals surface area contributed by atoms with Gasteiger partial charge in [-0.3, -0.25) is 4.99 Å². The molecular formula is C20H32N4O4. The number of nitrogens with zero attached hydrogens (tertiary/aromatic N) is 2. The first kappa shape index (κ1) is 21.8. The van der Waals surface area contributed by atoms with E-state index in [1.807, 2.05) is 38.1 Å². The zero-order chi connectivity index (χ0) is 20.4. The number of hydrogen-bond acceptors (Lipinski definition) is 5. The van der Waals surface area contributed by atoms with Crippen LogP contribution in [-0.2, 0) is 4.74 Å². The number of ether oxygens (including phenoxy) is 2. The molecule has 2 rings (SSSR count). The van der Waals surface area contributed by atoms with Crippen LogP contribution in [-0.4, -0.2) is 68.0 Å². The second-order valence-corrected chi connectivity index (χ2v) is 6.62. The van der Waals surface area contributed by atoms with Crippen LogP contribution in [0.4, 0.5) is 4.79 Å². The lowest BCUT2D eigenvalue weighted by molar-refractivity contribution is 0.0963. The third-order valence-corrected chi connectivity index (χ3v) is 4.61. The number of rotatable bonds is 7. The van der Waals surface area contributed by atoms with E-state index in [2.05, 4.69) is 15.6 Å². The van der Waals surface area contributed by atoms with E-state index in [1.54, 1.807) is 12.0 Å². The molecule has 1 heterocycles. The van der Waals surface area contributed by atoms with E-state index < -0.39 is 6.10 Å². The molecule has 0 radical (unpaired) electrons. The highest BCUT2D eigenvalue weighted by atomic mass is 16.6. The molecule has 1 saturated heterocycles. The molecular weight excluding hydrogens is 360 g/mol. The smallest absolute Gasteiger partial charge is 0.409 e. The SMILES string of the molecule is CCNC(=NCC(O)c1cccc(OC)c1)NC1CCN(C(=O)OCC)CC1. The highest BCUT2D eigenvalue weighted by Crippen LogP contribution is 2.19. The van der Waals surface area contributed by atoms with Crippen molar-refractivity contribution in [2.75, 3.05) is 39.9 Å². The molecule has 1 aromatic carbocycles. The fraction of sp³-hybridized carbons (Fsp3) is 0.600. The molecule has 1 fully saturated rings. The van der Waals surface area contributed by atoms with E-state index >= 15 is 0 Å². The molecule has 0 aromatic heterocycles. The van der Waals surface area contributed by atoms with Gasteiger partial charge in [-0.2, -0.15) is 0 Å². The molecule has 156 valence electrons. The number of likely N-dealkylation sites (tertiary alicyclic amines) is 1. The summed E-state index contributed by atoms with van der Waals surface area (Å²) in [5, 5.41) is 17.0. The number of hydrogen-bond donors (Lipinski definition) is 3. The highest BCUT2D eigenvalue weighted by molar-refractivity contribution is 5.80. The summed E-state index contributed by atoms with van der Waals surface area (Å²) in [6, 6.07) is 7.58. The predicted molar refractivity (Wildman–Crippen MR) is 109 cm³/mol. The van der Waals surface area contributed by atoms with Crippen LogP contribution in [0.25, 0.3) is 0 Å². The van der Waals surface area contributed by atoms with Gasteiger partial charge in [0.25, 0.3) is 0 Å². The molecule has 0 aliphatic carbocycles. The molecule has 1 atom stereocenters. The van der Waals surface area contributed by atoms with Gasteiger partial charge in [0, 0.05) is 25.7 Å². The first-order valence-electron chi connectivity index (χ1n) is 9.85. The molecule has 8 nitrogen and oxygen atoms in total. The van der Waals surface area contributed by atoms with Crippen LogP contribution in [0.1, 0.15) is 38.4 Å². The number of aliphatic hydroxyl groups is 1. The maximum Gasteiger partial charge on any atom is 0.409 e. The van der Waals surface area contributed by atoms with E-state index in [0.717, 1.165) is 24.9 Å². The zero-order valence-corrected chi connectivity index (χ0v) is 17.0. The fourth-order valence-electron chi connectivity index (χ4n) is 3.07. The quantitative estimate of drug-likeness (QED) is 0.485. The highest BCUT2D eigenvalue weighted by Gasteiger charge is 2.24. The van der Waals surface area contributed by atoms with Crippen molar-refractivity contribution in [1.29, 1.82) is 0 Å². The number of aliphatic imine (C=N–C) groups is 1. The van der Waals surface area contributed by atoms with E-state index in [4.69, 9.17) is 9.47 Å². The lowest BCUT2D eigenvalue weighted by Crippen LogP contribution is -2.50. The van der Waals surface area contributed by atoms with Gasteiger partial charge in [0.1, 0.15) is 5.75 Å². The third kappa shape index (κ3) is 6.60. The van der Waals surface area contributed by atoms with Crippen LogP contribution in [0.2, 0.25) is 0 Å². The first-order chi connectivity index (χ1) is 13.6. The second-order valence-electron chi connectivity index (χ2n) is 6.62. The minimum Gasteiger partial charge on any atom is -0.497 e. The minimum absolute atomic E-state index is 0.220. The number of guanidine groups is 1. The van der Waals surface area contributed by atoms with Crippen molar-refractivity contribution < 1.29 is 19.4 Å². The normalized spacial score (nSPS) is 16.4. The van der Waals surface area contributed by atoms with Gasteiger partial charge in [-0.1, -0.05) is 12.1 Å². The van der Waals surface area contributed by atoms with Crippen molar-refractivity contribution in [3.8, 4) is 5.75 Å². The van der Waals surface area contributed by atoms with Gasteiger partial charge in [-0.25, -0.2) is 4.79 Å². The summed E-state index contributed by atoms with van der Waals surface area (Å²) in [5.41, 5.74) is 0.765. The zero-order valence-electron chi connectivity index (χ0n) is 17.0. The summed E-state index contributed by atoms with van der Waals surface area (Å²) in [5.74, 6) is 1.37. The maximum atomic E-state index is 11.8. The van der Waals surface area contributed by atoms with Gasteiger partial charge >= 0.3 is 6.09 Å². The van der Waals surface area contributed by atoms with Gasteiger partial charge in [-0.05, 0) is 44.4 Å². The molecule has 28 heavy (non-hydrogen) atoms. The Bertz CT molecular complexity index is 645. The van der Waals surface area contributed by atoms with Gasteiger partial charge in [0.15, 0.2) is 5.96 Å². The Kier molecular flexibility index (Phi) is 8.87. The number of nitrogens with one attached hydrogen (secondary N) is 2. The van der Waals surface area contributed by atoms with Crippen LogP contribution >= 0.6 is 0 Å². The van der Waals surface area contributed by atoms with Crippen molar-refractivity contribution in [3.63, 3.8) is 0 Å². The number of methoxy groups -OCH3 is 1. The molecule has 0 bridgehead atoms. The second kappa shape index (κ2) is 11.4. The van der Waals surface area contributed by atoms with Gasteiger partial charge in [0.05, 0.1) is 26.4 Å². The minimum atomic E-state index is -0.712. The van der Waals surface area contributed by atoms with Crippen molar-refractivity contribution in [2.24, 2.45) is 4.99 Å². The van der Waals surface area contributed by atoms with Crippen molar-refractivity contribution in [1.82, 2.24) is 15.5 Å². The summed E-state index contributed by atoms with van der Waals surface area (Å²) in [7, 11) is 1.60. The molecule has 0 saturated carbocycles. The number of carbonyl (C=O) groups is 1. The topological polar surface area (TPSA) is 95.4 Å². The maximum absolute atomic E-state index is 11.8. The summed E-state index contributed by atoms with van der Waals surface area (Å²) in [6.45, 7) is 6.48. The van der Waals surface area contributed by atoms with Gasteiger partial charge < -0.3 is 30.1 Å². The van der Waals surface area contributed by atoms with Crippen molar-refractivity contribution in [3.05, 3.63) is 29.8 Å². The summed E-state index contributed by atoms with van der Waals surface area (Å²) in [6.07, 6.45) is 0.683. The standard InChI is InChI=1S/C20H32N4O4/c1-4-21-19(22-14-18(25)15-7-6-8-17(13-15)27-3)23-16-9-11-24(12-10-16)20(26)28-5-2/h6-8,13,16,18,25H,4-5,9-12,14H2,1-3H3,(H2,21,22,23). The lowest BCUT2D eigenvalue weighted by atomic mass is 10.1. The van der Waals surface area contributed by atoms with Crippen molar-refractivity contribution in [2.45, 2.75) is 38.8 Å². The van der Waals surface area contributed by atoms with Crippen LogP contribution in [0.3, 0.4) is 0 Å². The van der Waals surface area contributed by atoms with Crippen LogP contribution in [0.15, 0.2) is 29.3 Å². The van der Waals surface area contributed by atoms with E-state index in [0.29, 0.717) is 31.4 Å². The molecule has 8 heteroatoms. The summed E-state index contributed by atoms with van der Waals surface area (Å²) in [4.78, 5) is 18.1.